The van der Waals surface area contributed by atoms with Gasteiger partial charge >= 0.3 is 0 Å². The Hall–Kier alpha value is -2.66. The number of ether oxygens (including phenoxy) is 1. The highest BCUT2D eigenvalue weighted by Crippen LogP contribution is 2.25. The first-order valence-corrected chi connectivity index (χ1v) is 8.08. The molecular formula is C19H18N2O3. The van der Waals surface area contributed by atoms with Crippen molar-refractivity contribution in [3.63, 3.8) is 0 Å². The van der Waals surface area contributed by atoms with Crippen molar-refractivity contribution in [2.24, 2.45) is 0 Å². The third-order valence-corrected chi connectivity index (χ3v) is 4.53. The van der Waals surface area contributed by atoms with Crippen molar-refractivity contribution in [1.29, 1.82) is 0 Å². The summed E-state index contributed by atoms with van der Waals surface area (Å²) in [5.41, 5.74) is 4.52. The van der Waals surface area contributed by atoms with Crippen LogP contribution in [0.1, 0.15) is 27.0 Å². The highest BCUT2D eigenvalue weighted by atomic mass is 16.5. The zero-order valence-electron chi connectivity index (χ0n) is 13.2. The summed E-state index contributed by atoms with van der Waals surface area (Å²) in [6.07, 6.45) is 0.730. The molecule has 1 N–H and O–H groups in total. The van der Waals surface area contributed by atoms with Gasteiger partial charge in [-0.15, -0.1) is 0 Å². The van der Waals surface area contributed by atoms with Crippen molar-refractivity contribution < 1.29 is 14.3 Å². The lowest BCUT2D eigenvalue weighted by molar-refractivity contribution is -0.116. The molecule has 0 aliphatic carbocycles. The van der Waals surface area contributed by atoms with Crippen LogP contribution < -0.4 is 5.32 Å². The molecule has 5 heteroatoms. The molecule has 2 aliphatic heterocycles. The van der Waals surface area contributed by atoms with Gasteiger partial charge in [-0.25, -0.2) is 0 Å². The number of para-hydroxylation sites is 1. The van der Waals surface area contributed by atoms with Crippen LogP contribution in [0.2, 0.25) is 0 Å². The lowest BCUT2D eigenvalue weighted by Crippen LogP contribution is -2.36. The first-order valence-electron chi connectivity index (χ1n) is 8.08. The van der Waals surface area contributed by atoms with Crippen molar-refractivity contribution >= 4 is 17.5 Å². The largest absolute Gasteiger partial charge is 0.376 e. The van der Waals surface area contributed by atoms with Crippen LogP contribution in [0.4, 0.5) is 5.69 Å². The molecular weight excluding hydrogens is 304 g/mol. The number of fused-ring (bicyclic) bond motifs is 2. The first kappa shape index (κ1) is 14.9. The minimum absolute atomic E-state index is 0.0632. The molecule has 5 nitrogen and oxygen atoms in total. The Balaban J connectivity index is 1.69. The van der Waals surface area contributed by atoms with E-state index in [1.54, 1.807) is 4.90 Å². The van der Waals surface area contributed by atoms with E-state index in [-0.39, 0.29) is 18.4 Å². The topological polar surface area (TPSA) is 58.6 Å². The SMILES string of the molecule is O=C1CN(C(=O)c2cccc3c2CCOC3)Cc2ccccc2N1. The number of carbonyl (C=O) groups excluding carboxylic acids is 2. The second-order valence-corrected chi connectivity index (χ2v) is 6.11. The molecule has 2 aliphatic rings. The summed E-state index contributed by atoms with van der Waals surface area (Å²) in [5, 5.41) is 2.87. The number of amides is 2. The van der Waals surface area contributed by atoms with Crippen molar-refractivity contribution in [1.82, 2.24) is 4.90 Å². The Morgan fingerprint density at radius 1 is 1.04 bits per heavy atom. The predicted molar refractivity (Wildman–Crippen MR) is 89.6 cm³/mol. The van der Waals surface area contributed by atoms with Crippen LogP contribution in [0, 0.1) is 0 Å². The predicted octanol–water partition coefficient (Wildman–Crippen LogP) is 2.35. The molecule has 2 heterocycles. The molecule has 0 saturated heterocycles. The van der Waals surface area contributed by atoms with Gasteiger partial charge in [0.05, 0.1) is 13.2 Å². The third kappa shape index (κ3) is 2.67. The summed E-state index contributed by atoms with van der Waals surface area (Å²) in [6, 6.07) is 13.3. The van der Waals surface area contributed by atoms with Crippen molar-refractivity contribution in [2.75, 3.05) is 18.5 Å². The van der Waals surface area contributed by atoms with Gasteiger partial charge in [0.1, 0.15) is 6.54 Å². The summed E-state index contributed by atoms with van der Waals surface area (Å²) >= 11 is 0. The molecule has 2 aromatic rings. The van der Waals surface area contributed by atoms with E-state index < -0.39 is 0 Å². The molecule has 24 heavy (non-hydrogen) atoms. The number of hydrogen-bond donors (Lipinski definition) is 1. The molecule has 0 aromatic heterocycles. The first-order chi connectivity index (χ1) is 11.7. The Kier molecular flexibility index (Phi) is 3.78. The van der Waals surface area contributed by atoms with Gasteiger partial charge in [0.2, 0.25) is 5.91 Å². The zero-order valence-corrected chi connectivity index (χ0v) is 13.2. The Morgan fingerprint density at radius 3 is 2.79 bits per heavy atom. The number of rotatable bonds is 1. The van der Waals surface area contributed by atoms with Crippen LogP contribution in [0.25, 0.3) is 0 Å². The van der Waals surface area contributed by atoms with Crippen LogP contribution in [0.5, 0.6) is 0 Å². The quantitative estimate of drug-likeness (QED) is 0.877. The van der Waals surface area contributed by atoms with Crippen LogP contribution in [0.15, 0.2) is 42.5 Å². The Labute approximate surface area is 140 Å². The zero-order chi connectivity index (χ0) is 16.5. The smallest absolute Gasteiger partial charge is 0.254 e. The fourth-order valence-electron chi connectivity index (χ4n) is 3.34. The normalized spacial score (nSPS) is 16.7. The van der Waals surface area contributed by atoms with E-state index in [0.29, 0.717) is 25.3 Å². The molecule has 122 valence electrons. The molecule has 0 bridgehead atoms. The standard InChI is InChI=1S/C19H18N2O3/c22-18-11-21(10-13-4-1-2-7-17(13)20-18)19(23)16-6-3-5-14-12-24-9-8-15(14)16/h1-7H,8-12H2,(H,20,22). The molecule has 0 fully saturated rings. The molecule has 4 rings (SSSR count). The molecule has 0 spiro atoms. The lowest BCUT2D eigenvalue weighted by atomic mass is 9.96. The minimum atomic E-state index is -0.165. The maximum atomic E-state index is 13.1. The highest BCUT2D eigenvalue weighted by molar-refractivity contribution is 6.01. The average molecular weight is 322 g/mol. The third-order valence-electron chi connectivity index (χ3n) is 4.53. The number of benzene rings is 2. The minimum Gasteiger partial charge on any atom is -0.376 e. The van der Waals surface area contributed by atoms with E-state index in [9.17, 15) is 9.59 Å². The van der Waals surface area contributed by atoms with Gasteiger partial charge in [-0.2, -0.15) is 0 Å². The summed E-state index contributed by atoms with van der Waals surface area (Å²) < 4.78 is 5.47. The number of nitrogens with zero attached hydrogens (tertiary/aromatic N) is 1. The number of nitrogens with one attached hydrogen (secondary N) is 1. The van der Waals surface area contributed by atoms with E-state index in [1.807, 2.05) is 42.5 Å². The van der Waals surface area contributed by atoms with Crippen molar-refractivity contribution in [2.45, 2.75) is 19.6 Å². The van der Waals surface area contributed by atoms with Gasteiger partial charge in [-0.3, -0.25) is 9.59 Å². The molecule has 2 aromatic carbocycles. The Bertz CT molecular complexity index is 816. The van der Waals surface area contributed by atoms with Gasteiger partial charge in [-0.1, -0.05) is 30.3 Å². The van der Waals surface area contributed by atoms with Gasteiger partial charge in [0.25, 0.3) is 5.91 Å². The number of carbonyl (C=O) groups is 2. The van der Waals surface area contributed by atoms with Crippen LogP contribution >= 0.6 is 0 Å². The van der Waals surface area contributed by atoms with E-state index in [1.165, 1.54) is 0 Å². The fraction of sp³-hybridized carbons (Fsp3) is 0.263. The monoisotopic (exact) mass is 322 g/mol. The van der Waals surface area contributed by atoms with E-state index in [0.717, 1.165) is 28.8 Å². The van der Waals surface area contributed by atoms with Gasteiger partial charge < -0.3 is 15.0 Å². The maximum absolute atomic E-state index is 13.1. The molecule has 0 unspecified atom stereocenters. The van der Waals surface area contributed by atoms with E-state index in [4.69, 9.17) is 4.74 Å². The van der Waals surface area contributed by atoms with Gasteiger partial charge in [0.15, 0.2) is 0 Å². The molecule has 0 atom stereocenters. The van der Waals surface area contributed by atoms with Crippen molar-refractivity contribution in [3.05, 3.63) is 64.7 Å². The number of hydrogen-bond acceptors (Lipinski definition) is 3. The van der Waals surface area contributed by atoms with Crippen LogP contribution in [0.3, 0.4) is 0 Å². The maximum Gasteiger partial charge on any atom is 0.254 e. The number of anilines is 1. The van der Waals surface area contributed by atoms with Crippen LogP contribution in [-0.4, -0.2) is 29.9 Å². The summed E-state index contributed by atoms with van der Waals surface area (Å²) in [6.45, 7) is 1.65. The Morgan fingerprint density at radius 2 is 1.88 bits per heavy atom. The summed E-state index contributed by atoms with van der Waals surface area (Å²) in [7, 11) is 0. The molecule has 0 saturated carbocycles. The average Bonchev–Trinajstić information content (AvgIpc) is 2.78. The molecule has 2 amide bonds. The van der Waals surface area contributed by atoms with E-state index in [2.05, 4.69) is 5.32 Å². The van der Waals surface area contributed by atoms with Gasteiger partial charge in [0, 0.05) is 17.8 Å². The van der Waals surface area contributed by atoms with Crippen LogP contribution in [-0.2, 0) is 29.1 Å². The summed E-state index contributed by atoms with van der Waals surface area (Å²) in [4.78, 5) is 26.9. The lowest BCUT2D eigenvalue weighted by Gasteiger charge is -2.24. The second-order valence-electron chi connectivity index (χ2n) is 6.11. The highest BCUT2D eigenvalue weighted by Gasteiger charge is 2.26. The van der Waals surface area contributed by atoms with Crippen molar-refractivity contribution in [3.8, 4) is 0 Å². The second kappa shape index (κ2) is 6.09. The summed E-state index contributed by atoms with van der Waals surface area (Å²) in [5.74, 6) is -0.262. The fourth-order valence-corrected chi connectivity index (χ4v) is 3.34. The molecule has 0 radical (unpaired) electrons. The van der Waals surface area contributed by atoms with E-state index >= 15 is 0 Å². The van der Waals surface area contributed by atoms with Gasteiger partial charge in [-0.05, 0) is 35.2 Å².